The lowest BCUT2D eigenvalue weighted by molar-refractivity contribution is -0.119. The average molecular weight is 222 g/mol. The van der Waals surface area contributed by atoms with Gasteiger partial charge in [0, 0.05) is 12.8 Å². The van der Waals surface area contributed by atoms with Gasteiger partial charge in [-0.15, -0.1) is 0 Å². The molecule has 0 aliphatic heterocycles. The van der Waals surface area contributed by atoms with Gasteiger partial charge in [-0.05, 0) is 31.1 Å². The van der Waals surface area contributed by atoms with Crippen molar-refractivity contribution in [3.8, 4) is 0 Å². The lowest BCUT2D eigenvalue weighted by Crippen LogP contribution is -1.98. The van der Waals surface area contributed by atoms with Crippen molar-refractivity contribution < 1.29 is 4.79 Å². The van der Waals surface area contributed by atoms with Crippen LogP contribution in [0, 0.1) is 11.8 Å². The Kier molecular flexibility index (Phi) is 4.87. The van der Waals surface area contributed by atoms with Crippen LogP contribution in [0.2, 0.25) is 0 Å². The summed E-state index contributed by atoms with van der Waals surface area (Å²) >= 11 is 0. The van der Waals surface area contributed by atoms with Crippen molar-refractivity contribution >= 4 is 5.78 Å². The SMILES string of the molecule is O=C1CCCCCCC2CC2CCCCC1. The molecule has 1 heteroatoms. The Labute approximate surface area is 100.0 Å². The Morgan fingerprint density at radius 2 is 1.19 bits per heavy atom. The number of carbonyl (C=O) groups is 1. The Morgan fingerprint density at radius 3 is 1.81 bits per heavy atom. The molecule has 2 fully saturated rings. The van der Waals surface area contributed by atoms with E-state index in [-0.39, 0.29) is 0 Å². The molecule has 16 heavy (non-hydrogen) atoms. The van der Waals surface area contributed by atoms with E-state index in [0.717, 1.165) is 37.5 Å². The summed E-state index contributed by atoms with van der Waals surface area (Å²) < 4.78 is 0. The molecule has 2 aliphatic rings. The van der Waals surface area contributed by atoms with Crippen LogP contribution in [0.1, 0.15) is 77.0 Å². The van der Waals surface area contributed by atoms with Crippen molar-refractivity contribution in [2.75, 3.05) is 0 Å². The molecule has 0 aromatic heterocycles. The molecule has 2 atom stereocenters. The van der Waals surface area contributed by atoms with Crippen LogP contribution >= 0.6 is 0 Å². The summed E-state index contributed by atoms with van der Waals surface area (Å²) in [6.07, 6.45) is 15.1. The van der Waals surface area contributed by atoms with E-state index in [1.54, 1.807) is 0 Å². The molecule has 0 saturated heterocycles. The van der Waals surface area contributed by atoms with E-state index < -0.39 is 0 Å². The summed E-state index contributed by atoms with van der Waals surface area (Å²) in [5.74, 6) is 2.67. The second kappa shape index (κ2) is 6.42. The van der Waals surface area contributed by atoms with Gasteiger partial charge in [-0.1, -0.05) is 44.9 Å². The van der Waals surface area contributed by atoms with E-state index in [2.05, 4.69) is 0 Å². The Bertz CT molecular complexity index is 221. The van der Waals surface area contributed by atoms with E-state index in [9.17, 15) is 4.79 Å². The second-order valence-electron chi connectivity index (χ2n) is 5.85. The third kappa shape index (κ3) is 4.27. The van der Waals surface area contributed by atoms with E-state index in [1.165, 1.54) is 51.4 Å². The van der Waals surface area contributed by atoms with Crippen molar-refractivity contribution in [2.45, 2.75) is 77.0 Å². The first-order valence-electron chi connectivity index (χ1n) is 7.38. The van der Waals surface area contributed by atoms with E-state index in [0.29, 0.717) is 5.78 Å². The number of rotatable bonds is 0. The molecule has 2 saturated carbocycles. The van der Waals surface area contributed by atoms with Crippen LogP contribution in [0.15, 0.2) is 0 Å². The highest BCUT2D eigenvalue weighted by molar-refractivity contribution is 5.78. The maximum atomic E-state index is 11.5. The molecule has 0 aromatic carbocycles. The highest BCUT2D eigenvalue weighted by Crippen LogP contribution is 2.45. The molecular formula is C15H26O. The zero-order valence-corrected chi connectivity index (χ0v) is 10.5. The van der Waals surface area contributed by atoms with Crippen molar-refractivity contribution in [2.24, 2.45) is 11.8 Å². The van der Waals surface area contributed by atoms with E-state index in [1.807, 2.05) is 0 Å². The fourth-order valence-electron chi connectivity index (χ4n) is 3.13. The molecule has 0 N–H and O–H groups in total. The van der Waals surface area contributed by atoms with Gasteiger partial charge >= 0.3 is 0 Å². The maximum absolute atomic E-state index is 11.5. The Morgan fingerprint density at radius 1 is 0.688 bits per heavy atom. The van der Waals surface area contributed by atoms with Gasteiger partial charge < -0.3 is 0 Å². The second-order valence-corrected chi connectivity index (χ2v) is 5.85. The molecule has 0 radical (unpaired) electrons. The summed E-state index contributed by atoms with van der Waals surface area (Å²) in [5.41, 5.74) is 0. The maximum Gasteiger partial charge on any atom is 0.132 e. The van der Waals surface area contributed by atoms with Crippen molar-refractivity contribution in [3.05, 3.63) is 0 Å². The molecular weight excluding hydrogens is 196 g/mol. The third-order valence-electron chi connectivity index (χ3n) is 4.38. The molecule has 2 rings (SSSR count). The topological polar surface area (TPSA) is 17.1 Å². The quantitative estimate of drug-likeness (QED) is 0.590. The standard InChI is InChI=1S/C15H26O/c16-15-10-6-2-1-4-8-13-12-14(13)9-5-3-7-11-15/h13-14H,1-12H2. The van der Waals surface area contributed by atoms with Gasteiger partial charge in [0.25, 0.3) is 0 Å². The molecule has 92 valence electrons. The zero-order valence-electron chi connectivity index (χ0n) is 10.5. The van der Waals surface area contributed by atoms with Crippen LogP contribution in [-0.4, -0.2) is 5.78 Å². The van der Waals surface area contributed by atoms with Gasteiger partial charge in [0.05, 0.1) is 0 Å². The largest absolute Gasteiger partial charge is 0.300 e. The monoisotopic (exact) mass is 222 g/mol. The summed E-state index contributed by atoms with van der Waals surface area (Å²) in [4.78, 5) is 11.5. The number of hydrogen-bond donors (Lipinski definition) is 0. The van der Waals surface area contributed by atoms with Crippen LogP contribution < -0.4 is 0 Å². The molecule has 2 aliphatic carbocycles. The number of ketones is 1. The van der Waals surface area contributed by atoms with Crippen molar-refractivity contribution in [3.63, 3.8) is 0 Å². The van der Waals surface area contributed by atoms with Gasteiger partial charge in [0.2, 0.25) is 0 Å². The summed E-state index contributed by atoms with van der Waals surface area (Å²) in [6.45, 7) is 0. The molecule has 0 heterocycles. The smallest absolute Gasteiger partial charge is 0.132 e. The highest BCUT2D eigenvalue weighted by atomic mass is 16.1. The van der Waals surface area contributed by atoms with Crippen LogP contribution in [0.3, 0.4) is 0 Å². The molecule has 0 spiro atoms. The molecule has 1 nitrogen and oxygen atoms in total. The predicted molar refractivity (Wildman–Crippen MR) is 67.4 cm³/mol. The molecule has 2 unspecified atom stereocenters. The average Bonchev–Trinajstić information content (AvgIpc) is 3.01. The number of carbonyl (C=O) groups excluding carboxylic acids is 1. The number of fused-ring (bicyclic) bond motifs is 1. The summed E-state index contributed by atoms with van der Waals surface area (Å²) in [6, 6.07) is 0. The van der Waals surface area contributed by atoms with Gasteiger partial charge in [-0.25, -0.2) is 0 Å². The fraction of sp³-hybridized carbons (Fsp3) is 0.933. The van der Waals surface area contributed by atoms with E-state index in [4.69, 9.17) is 0 Å². The summed E-state index contributed by atoms with van der Waals surface area (Å²) in [5, 5.41) is 0. The zero-order chi connectivity index (χ0) is 11.2. The van der Waals surface area contributed by atoms with Crippen LogP contribution in [0.5, 0.6) is 0 Å². The number of hydrogen-bond acceptors (Lipinski definition) is 1. The third-order valence-corrected chi connectivity index (χ3v) is 4.38. The number of Topliss-reactive ketones (excluding diaryl/α,β-unsaturated/α-hetero) is 1. The first-order valence-corrected chi connectivity index (χ1v) is 7.38. The lowest BCUT2D eigenvalue weighted by Gasteiger charge is -2.05. The van der Waals surface area contributed by atoms with Gasteiger partial charge in [0.1, 0.15) is 5.78 Å². The van der Waals surface area contributed by atoms with Crippen molar-refractivity contribution in [1.82, 2.24) is 0 Å². The van der Waals surface area contributed by atoms with Gasteiger partial charge in [-0.2, -0.15) is 0 Å². The highest BCUT2D eigenvalue weighted by Gasteiger charge is 2.35. The minimum atomic E-state index is 0.515. The lowest BCUT2D eigenvalue weighted by atomic mass is 10.0. The minimum Gasteiger partial charge on any atom is -0.300 e. The Balaban J connectivity index is 1.67. The Hall–Kier alpha value is -0.330. The first kappa shape index (κ1) is 12.1. The minimum absolute atomic E-state index is 0.515. The molecule has 0 bridgehead atoms. The van der Waals surface area contributed by atoms with Crippen LogP contribution in [0.25, 0.3) is 0 Å². The van der Waals surface area contributed by atoms with Crippen LogP contribution in [-0.2, 0) is 4.79 Å². The van der Waals surface area contributed by atoms with Crippen LogP contribution in [0.4, 0.5) is 0 Å². The normalized spacial score (nSPS) is 33.9. The van der Waals surface area contributed by atoms with Gasteiger partial charge in [-0.3, -0.25) is 4.79 Å². The predicted octanol–water partition coefficient (Wildman–Crippen LogP) is 4.50. The molecule has 0 amide bonds. The van der Waals surface area contributed by atoms with Gasteiger partial charge in [0.15, 0.2) is 0 Å². The molecule has 0 aromatic rings. The first-order chi connectivity index (χ1) is 7.86. The fourth-order valence-corrected chi connectivity index (χ4v) is 3.13. The summed E-state index contributed by atoms with van der Waals surface area (Å²) in [7, 11) is 0. The van der Waals surface area contributed by atoms with E-state index >= 15 is 0 Å². The van der Waals surface area contributed by atoms with Crippen molar-refractivity contribution in [1.29, 1.82) is 0 Å².